The number of aliphatic hydroxyl groups is 1. The molecular weight excluding hydrogens is 415 g/mol. The number of carbonyl (C=O) groups excluding carboxylic acids is 1. The zero-order valence-corrected chi connectivity index (χ0v) is 17.3. The van der Waals surface area contributed by atoms with Gasteiger partial charge in [0.2, 0.25) is 0 Å². The number of alkyl halides is 5. The molecule has 0 aromatic rings. The highest BCUT2D eigenvalue weighted by Crippen LogP contribution is 2.59. The van der Waals surface area contributed by atoms with Crippen molar-refractivity contribution in [1.82, 2.24) is 0 Å². The number of fused-ring (bicyclic) bond motifs is 2. The van der Waals surface area contributed by atoms with E-state index in [9.17, 15) is 31.9 Å². The summed E-state index contributed by atoms with van der Waals surface area (Å²) >= 11 is 0. The average molecular weight is 442 g/mol. The summed E-state index contributed by atoms with van der Waals surface area (Å²) in [5, 5.41) is 9.61. The normalized spacial score (nSPS) is 40.6. The molecule has 3 aliphatic rings. The van der Waals surface area contributed by atoms with Gasteiger partial charge < -0.3 is 19.3 Å². The molecule has 5 nitrogen and oxygen atoms in total. The van der Waals surface area contributed by atoms with Gasteiger partial charge in [0, 0.05) is 11.5 Å². The summed E-state index contributed by atoms with van der Waals surface area (Å²) in [6.45, 7) is 7.80. The summed E-state index contributed by atoms with van der Waals surface area (Å²) in [7, 11) is 0. The monoisotopic (exact) mass is 442 g/mol. The van der Waals surface area contributed by atoms with Crippen LogP contribution in [0.4, 0.5) is 22.0 Å². The van der Waals surface area contributed by atoms with Gasteiger partial charge in [0.15, 0.2) is 5.60 Å². The third-order valence-electron chi connectivity index (χ3n) is 6.77. The number of rotatable bonds is 5. The van der Waals surface area contributed by atoms with E-state index in [0.29, 0.717) is 19.3 Å². The van der Waals surface area contributed by atoms with E-state index < -0.39 is 47.8 Å². The molecule has 0 amide bonds. The third-order valence-corrected chi connectivity index (χ3v) is 6.77. The number of esters is 1. The molecule has 172 valence electrons. The third kappa shape index (κ3) is 3.35. The molecule has 1 saturated heterocycles. The predicted molar refractivity (Wildman–Crippen MR) is 94.5 cm³/mol. The number of halogens is 5. The van der Waals surface area contributed by atoms with Gasteiger partial charge in [0.25, 0.3) is 0 Å². The Labute approximate surface area is 171 Å². The largest absolute Gasteiger partial charge is 0.459 e. The van der Waals surface area contributed by atoms with E-state index in [1.807, 2.05) is 0 Å². The molecule has 0 radical (unpaired) electrons. The molecule has 1 N–H and O–H groups in total. The van der Waals surface area contributed by atoms with Crippen molar-refractivity contribution >= 4 is 5.97 Å². The number of hydrogen-bond donors (Lipinski definition) is 1. The van der Waals surface area contributed by atoms with Crippen LogP contribution in [0.25, 0.3) is 0 Å². The highest BCUT2D eigenvalue weighted by Gasteiger charge is 2.82. The van der Waals surface area contributed by atoms with Gasteiger partial charge in [-0.25, -0.2) is 4.79 Å². The molecule has 6 unspecified atom stereocenters. The van der Waals surface area contributed by atoms with Crippen molar-refractivity contribution < 1.29 is 46.1 Å². The van der Waals surface area contributed by atoms with Gasteiger partial charge in [-0.15, -0.1) is 0 Å². The van der Waals surface area contributed by atoms with Crippen molar-refractivity contribution in [3.63, 3.8) is 0 Å². The highest BCUT2D eigenvalue weighted by molar-refractivity contribution is 5.87. The fourth-order valence-electron chi connectivity index (χ4n) is 5.25. The maximum absolute atomic E-state index is 14.8. The standard InChI is InChI=1S/C20H27F5O5/c1-10(2)15(26)29-14-8-11-6-12(14)13(7-11)16(3,4)30-17(5)9-28-19(27,18(17,21)22)20(23,24)25/h11-14,27H,1,6-9H2,2-5H3. The lowest BCUT2D eigenvalue weighted by Gasteiger charge is -2.46. The lowest BCUT2D eigenvalue weighted by atomic mass is 9.76. The zero-order chi connectivity index (χ0) is 22.9. The molecule has 1 aliphatic heterocycles. The van der Waals surface area contributed by atoms with Crippen LogP contribution in [0.1, 0.15) is 47.0 Å². The molecule has 30 heavy (non-hydrogen) atoms. The minimum Gasteiger partial charge on any atom is -0.459 e. The fourth-order valence-corrected chi connectivity index (χ4v) is 5.25. The summed E-state index contributed by atoms with van der Waals surface area (Å²) in [6, 6.07) is 0. The van der Waals surface area contributed by atoms with Crippen molar-refractivity contribution in [2.24, 2.45) is 17.8 Å². The van der Waals surface area contributed by atoms with E-state index in [0.717, 1.165) is 6.92 Å². The molecule has 0 spiro atoms. The molecule has 3 rings (SSSR count). The maximum Gasteiger partial charge on any atom is 0.449 e. The SMILES string of the molecule is C=C(C)C(=O)OC1CC2CC1C(C(C)(C)OC1(C)COC(O)(C(F)(F)F)C1(F)F)C2. The fraction of sp³-hybridized carbons (Fsp3) is 0.850. The van der Waals surface area contributed by atoms with E-state index in [1.54, 1.807) is 0 Å². The summed E-state index contributed by atoms with van der Waals surface area (Å²) < 4.78 is 84.2. The summed E-state index contributed by atoms with van der Waals surface area (Å²) in [6.07, 6.45) is -4.16. The maximum atomic E-state index is 14.8. The minimum absolute atomic E-state index is 0.172. The first-order chi connectivity index (χ1) is 13.5. The summed E-state index contributed by atoms with van der Waals surface area (Å²) in [4.78, 5) is 11.9. The van der Waals surface area contributed by atoms with E-state index in [-0.39, 0.29) is 23.3 Å². The van der Waals surface area contributed by atoms with E-state index in [2.05, 4.69) is 11.3 Å². The van der Waals surface area contributed by atoms with Crippen molar-refractivity contribution in [3.8, 4) is 0 Å². The van der Waals surface area contributed by atoms with Crippen LogP contribution in [0.3, 0.4) is 0 Å². The number of carbonyl (C=O) groups is 1. The first-order valence-electron chi connectivity index (χ1n) is 9.83. The molecule has 2 saturated carbocycles. The van der Waals surface area contributed by atoms with Crippen LogP contribution in [0.15, 0.2) is 12.2 Å². The van der Waals surface area contributed by atoms with Crippen molar-refractivity contribution in [2.45, 2.75) is 82.1 Å². The topological polar surface area (TPSA) is 65.0 Å². The second-order valence-corrected chi connectivity index (χ2v) is 9.51. The van der Waals surface area contributed by atoms with Gasteiger partial charge >= 0.3 is 23.9 Å². The first kappa shape index (κ1) is 23.4. The molecule has 0 aromatic carbocycles. The van der Waals surface area contributed by atoms with Gasteiger partial charge in [-0.05, 0) is 58.8 Å². The second-order valence-electron chi connectivity index (χ2n) is 9.51. The summed E-state index contributed by atoms with van der Waals surface area (Å²) in [5.41, 5.74) is -3.75. The Kier molecular flexibility index (Phi) is 5.36. The van der Waals surface area contributed by atoms with Crippen molar-refractivity contribution in [3.05, 3.63) is 12.2 Å². The zero-order valence-electron chi connectivity index (χ0n) is 17.3. The van der Waals surface area contributed by atoms with Crippen LogP contribution < -0.4 is 0 Å². The number of hydrogen-bond acceptors (Lipinski definition) is 5. The highest BCUT2D eigenvalue weighted by atomic mass is 19.4. The predicted octanol–water partition coefficient (Wildman–Crippen LogP) is 3.99. The van der Waals surface area contributed by atoms with E-state index in [4.69, 9.17) is 9.47 Å². The van der Waals surface area contributed by atoms with Gasteiger partial charge in [-0.1, -0.05) is 6.58 Å². The minimum atomic E-state index is -5.70. The molecule has 10 heteroatoms. The van der Waals surface area contributed by atoms with Crippen LogP contribution in [-0.4, -0.2) is 52.9 Å². The molecule has 6 atom stereocenters. The van der Waals surface area contributed by atoms with Crippen molar-refractivity contribution in [1.29, 1.82) is 0 Å². The Morgan fingerprint density at radius 2 is 1.80 bits per heavy atom. The number of ether oxygens (including phenoxy) is 3. The Morgan fingerprint density at radius 1 is 1.20 bits per heavy atom. The van der Waals surface area contributed by atoms with E-state index in [1.165, 1.54) is 20.8 Å². The Hall–Kier alpha value is -1.26. The smallest absolute Gasteiger partial charge is 0.449 e. The molecule has 2 bridgehead atoms. The molecular formula is C20H27F5O5. The van der Waals surface area contributed by atoms with Gasteiger partial charge in [-0.3, -0.25) is 0 Å². The first-order valence-corrected chi connectivity index (χ1v) is 9.83. The van der Waals surface area contributed by atoms with Crippen LogP contribution in [0, 0.1) is 17.8 Å². The Balaban J connectivity index is 1.80. The van der Waals surface area contributed by atoms with Gasteiger partial charge in [0.05, 0.1) is 12.2 Å². The lowest BCUT2D eigenvalue weighted by molar-refractivity contribution is -0.412. The Morgan fingerprint density at radius 3 is 2.27 bits per heavy atom. The van der Waals surface area contributed by atoms with Gasteiger partial charge in [0.1, 0.15) is 6.10 Å². The molecule has 1 heterocycles. The van der Waals surface area contributed by atoms with Crippen LogP contribution in [0.2, 0.25) is 0 Å². The van der Waals surface area contributed by atoms with Crippen LogP contribution in [0.5, 0.6) is 0 Å². The van der Waals surface area contributed by atoms with Crippen LogP contribution >= 0.6 is 0 Å². The lowest BCUT2D eigenvalue weighted by Crippen LogP contribution is -2.64. The average Bonchev–Trinajstić information content (AvgIpc) is 3.22. The van der Waals surface area contributed by atoms with E-state index >= 15 is 0 Å². The van der Waals surface area contributed by atoms with Crippen LogP contribution in [-0.2, 0) is 19.0 Å². The molecule has 0 aromatic heterocycles. The Bertz CT molecular complexity index is 736. The quantitative estimate of drug-likeness (QED) is 0.396. The summed E-state index contributed by atoms with van der Waals surface area (Å²) in [5.74, 6) is -10.2. The molecule has 2 aliphatic carbocycles. The second kappa shape index (κ2) is 6.87. The molecule has 3 fully saturated rings. The van der Waals surface area contributed by atoms with Gasteiger partial charge in [-0.2, -0.15) is 22.0 Å². The van der Waals surface area contributed by atoms with Crippen molar-refractivity contribution in [2.75, 3.05) is 6.61 Å².